The van der Waals surface area contributed by atoms with E-state index in [4.69, 9.17) is 0 Å². The number of nitrogens with one attached hydrogen (secondary N) is 2. The number of nitro groups is 1. The second kappa shape index (κ2) is 6.00. The molecule has 0 aliphatic rings. The molecule has 7 heteroatoms. The van der Waals surface area contributed by atoms with Crippen molar-refractivity contribution < 1.29 is 14.1 Å². The van der Waals surface area contributed by atoms with E-state index in [0.29, 0.717) is 11.4 Å². The number of amides is 1. The van der Waals surface area contributed by atoms with Crippen molar-refractivity contribution >= 4 is 23.0 Å². The van der Waals surface area contributed by atoms with Gasteiger partial charge in [-0.2, -0.15) is 0 Å². The van der Waals surface area contributed by atoms with Crippen LogP contribution >= 0.6 is 0 Å². The van der Waals surface area contributed by atoms with E-state index in [1.807, 2.05) is 0 Å². The second-order valence-electron chi connectivity index (χ2n) is 4.20. The second-order valence-corrected chi connectivity index (χ2v) is 4.20. The van der Waals surface area contributed by atoms with Gasteiger partial charge in [0.1, 0.15) is 11.5 Å². The van der Waals surface area contributed by atoms with Crippen LogP contribution in [0, 0.1) is 15.9 Å². The normalized spacial score (nSPS) is 10.0. The molecule has 6 nitrogen and oxygen atoms in total. The van der Waals surface area contributed by atoms with E-state index in [1.165, 1.54) is 42.5 Å². The van der Waals surface area contributed by atoms with E-state index < -0.39 is 16.6 Å². The van der Waals surface area contributed by atoms with E-state index >= 15 is 0 Å². The average Bonchev–Trinajstić information content (AvgIpc) is 2.48. The predicted octanol–water partition coefficient (Wildman–Crippen LogP) is 3.03. The highest BCUT2D eigenvalue weighted by molar-refractivity contribution is 6.05. The number of nitro benzene ring substituents is 1. The number of carbonyl (C=O) groups excluding carboxylic acids is 1. The summed E-state index contributed by atoms with van der Waals surface area (Å²) in [6, 6.07) is 9.34. The Kier molecular flexibility index (Phi) is 4.13. The summed E-state index contributed by atoms with van der Waals surface area (Å²) in [5.41, 5.74) is 0.675. The van der Waals surface area contributed by atoms with Crippen LogP contribution in [0.5, 0.6) is 0 Å². The Morgan fingerprint density at radius 3 is 2.43 bits per heavy atom. The van der Waals surface area contributed by atoms with Crippen molar-refractivity contribution in [3.05, 3.63) is 64.0 Å². The molecule has 2 aromatic carbocycles. The fourth-order valence-electron chi connectivity index (χ4n) is 1.77. The Morgan fingerprint density at radius 2 is 1.86 bits per heavy atom. The minimum Gasteiger partial charge on any atom is -0.383 e. The van der Waals surface area contributed by atoms with Crippen molar-refractivity contribution in [2.24, 2.45) is 0 Å². The first-order valence-electron chi connectivity index (χ1n) is 6.04. The van der Waals surface area contributed by atoms with Gasteiger partial charge < -0.3 is 10.6 Å². The molecule has 0 bridgehead atoms. The van der Waals surface area contributed by atoms with Gasteiger partial charge in [-0.05, 0) is 36.4 Å². The average molecular weight is 289 g/mol. The summed E-state index contributed by atoms with van der Waals surface area (Å²) in [5, 5.41) is 16.2. The number of carbonyl (C=O) groups is 1. The molecule has 0 aliphatic heterocycles. The molecule has 2 aromatic rings. The maximum atomic E-state index is 12.8. The minimum atomic E-state index is -0.569. The zero-order chi connectivity index (χ0) is 15.4. The van der Waals surface area contributed by atoms with Crippen LogP contribution in [-0.2, 0) is 0 Å². The van der Waals surface area contributed by atoms with Crippen LogP contribution in [0.4, 0.5) is 21.5 Å². The van der Waals surface area contributed by atoms with Crippen LogP contribution in [0.3, 0.4) is 0 Å². The topological polar surface area (TPSA) is 84.3 Å². The minimum absolute atomic E-state index is 0.144. The van der Waals surface area contributed by atoms with E-state index in [1.54, 1.807) is 7.05 Å². The SMILES string of the molecule is CNc1ccc(C(=O)Nc2ccc(F)cc2)cc1[N+](=O)[O-]. The van der Waals surface area contributed by atoms with Crippen LogP contribution in [0.15, 0.2) is 42.5 Å². The molecule has 0 radical (unpaired) electrons. The zero-order valence-electron chi connectivity index (χ0n) is 11.1. The Bertz CT molecular complexity index is 686. The molecule has 0 saturated carbocycles. The molecule has 0 fully saturated rings. The smallest absolute Gasteiger partial charge is 0.293 e. The number of hydrogen-bond acceptors (Lipinski definition) is 4. The number of benzene rings is 2. The van der Waals surface area contributed by atoms with Gasteiger partial charge in [0, 0.05) is 24.4 Å². The fraction of sp³-hybridized carbons (Fsp3) is 0.0714. The fourth-order valence-corrected chi connectivity index (χ4v) is 1.77. The summed E-state index contributed by atoms with van der Waals surface area (Å²) in [6.07, 6.45) is 0. The summed E-state index contributed by atoms with van der Waals surface area (Å²) in [6.45, 7) is 0. The lowest BCUT2D eigenvalue weighted by Crippen LogP contribution is -2.12. The molecule has 0 spiro atoms. The molecule has 2 N–H and O–H groups in total. The largest absolute Gasteiger partial charge is 0.383 e. The molecular weight excluding hydrogens is 277 g/mol. The van der Waals surface area contributed by atoms with Gasteiger partial charge >= 0.3 is 0 Å². The van der Waals surface area contributed by atoms with Crippen LogP contribution in [0.25, 0.3) is 0 Å². The monoisotopic (exact) mass is 289 g/mol. The highest BCUT2D eigenvalue weighted by Crippen LogP contribution is 2.25. The van der Waals surface area contributed by atoms with Gasteiger partial charge in [-0.25, -0.2) is 4.39 Å². The van der Waals surface area contributed by atoms with Crippen molar-refractivity contribution in [2.45, 2.75) is 0 Å². The molecule has 0 saturated heterocycles. The number of nitrogens with zero attached hydrogens (tertiary/aromatic N) is 1. The summed E-state index contributed by atoms with van der Waals surface area (Å²) >= 11 is 0. The van der Waals surface area contributed by atoms with Crippen LogP contribution in [0.2, 0.25) is 0 Å². The number of rotatable bonds is 4. The first-order valence-corrected chi connectivity index (χ1v) is 6.04. The van der Waals surface area contributed by atoms with Crippen molar-refractivity contribution in [1.82, 2.24) is 0 Å². The molecule has 0 heterocycles. The first-order chi connectivity index (χ1) is 10.0. The van der Waals surface area contributed by atoms with Crippen LogP contribution < -0.4 is 10.6 Å². The summed E-state index contributed by atoms with van der Waals surface area (Å²) in [4.78, 5) is 22.4. The molecule has 0 atom stereocenters. The van der Waals surface area contributed by atoms with Gasteiger partial charge in [-0.3, -0.25) is 14.9 Å². The van der Waals surface area contributed by atoms with Crippen molar-refractivity contribution in [2.75, 3.05) is 17.7 Å². The third-order valence-electron chi connectivity index (χ3n) is 2.83. The number of hydrogen-bond donors (Lipinski definition) is 2. The molecular formula is C14H12FN3O3. The summed E-state index contributed by atoms with van der Waals surface area (Å²) in [5.74, 6) is -0.922. The van der Waals surface area contributed by atoms with Gasteiger partial charge in [0.2, 0.25) is 0 Å². The van der Waals surface area contributed by atoms with Crippen molar-refractivity contribution in [3.63, 3.8) is 0 Å². The molecule has 21 heavy (non-hydrogen) atoms. The number of halogens is 1. The molecule has 0 unspecified atom stereocenters. The molecule has 1 amide bonds. The molecule has 0 aliphatic carbocycles. The van der Waals surface area contributed by atoms with E-state index in [0.717, 1.165) is 0 Å². The Hall–Kier alpha value is -2.96. The molecule has 108 valence electrons. The highest BCUT2D eigenvalue weighted by atomic mass is 19.1. The predicted molar refractivity (Wildman–Crippen MR) is 77.0 cm³/mol. The molecule has 2 rings (SSSR count). The van der Waals surface area contributed by atoms with Gasteiger partial charge in [-0.15, -0.1) is 0 Å². The summed E-state index contributed by atoms with van der Waals surface area (Å²) in [7, 11) is 1.56. The highest BCUT2D eigenvalue weighted by Gasteiger charge is 2.16. The standard InChI is InChI=1S/C14H12FN3O3/c1-16-12-7-2-9(8-13(12)18(20)21)14(19)17-11-5-3-10(15)4-6-11/h2-8,16H,1H3,(H,17,19). The maximum Gasteiger partial charge on any atom is 0.293 e. The Balaban J connectivity index is 2.25. The third-order valence-corrected chi connectivity index (χ3v) is 2.83. The van der Waals surface area contributed by atoms with Crippen molar-refractivity contribution in [3.8, 4) is 0 Å². The lowest BCUT2D eigenvalue weighted by Gasteiger charge is -2.07. The van der Waals surface area contributed by atoms with Crippen molar-refractivity contribution in [1.29, 1.82) is 0 Å². The maximum absolute atomic E-state index is 12.8. The van der Waals surface area contributed by atoms with E-state index in [2.05, 4.69) is 10.6 Å². The van der Waals surface area contributed by atoms with Gasteiger partial charge in [0.15, 0.2) is 0 Å². The van der Waals surface area contributed by atoms with Crippen LogP contribution in [0.1, 0.15) is 10.4 Å². The summed E-state index contributed by atoms with van der Waals surface area (Å²) < 4.78 is 12.8. The Labute approximate surface area is 119 Å². The lowest BCUT2D eigenvalue weighted by atomic mass is 10.1. The van der Waals surface area contributed by atoms with E-state index in [-0.39, 0.29) is 11.3 Å². The zero-order valence-corrected chi connectivity index (χ0v) is 11.1. The Morgan fingerprint density at radius 1 is 1.19 bits per heavy atom. The quantitative estimate of drug-likeness (QED) is 0.669. The van der Waals surface area contributed by atoms with Crippen LogP contribution in [-0.4, -0.2) is 17.9 Å². The molecule has 0 aromatic heterocycles. The number of anilines is 2. The van der Waals surface area contributed by atoms with Gasteiger partial charge in [0.05, 0.1) is 4.92 Å². The van der Waals surface area contributed by atoms with E-state index in [9.17, 15) is 19.3 Å². The first kappa shape index (κ1) is 14.4. The lowest BCUT2D eigenvalue weighted by molar-refractivity contribution is -0.384. The van der Waals surface area contributed by atoms with Gasteiger partial charge in [-0.1, -0.05) is 0 Å². The third kappa shape index (κ3) is 3.33. The van der Waals surface area contributed by atoms with Gasteiger partial charge in [0.25, 0.3) is 11.6 Å².